The standard InChI is InChI=1S/C7H17NO/c1-3-8(2)6-4-5-7-9/h9H,3-7H2,1-2H3. The molecule has 0 aromatic heterocycles. The van der Waals surface area contributed by atoms with E-state index in [1.165, 1.54) is 0 Å². The van der Waals surface area contributed by atoms with Crippen molar-refractivity contribution in [2.24, 2.45) is 0 Å². The molecule has 0 heterocycles. The summed E-state index contributed by atoms with van der Waals surface area (Å²) in [5, 5.41) is 8.43. The van der Waals surface area contributed by atoms with Gasteiger partial charge in [0.25, 0.3) is 0 Å². The molecule has 1 N–H and O–H groups in total. The number of hydrogen-bond donors (Lipinski definition) is 1. The summed E-state index contributed by atoms with van der Waals surface area (Å²) >= 11 is 0. The van der Waals surface area contributed by atoms with Crippen LogP contribution in [-0.4, -0.2) is 36.8 Å². The number of unbranched alkanes of at least 4 members (excludes halogenated alkanes) is 1. The summed E-state index contributed by atoms with van der Waals surface area (Å²) in [5.74, 6) is 0. The zero-order chi connectivity index (χ0) is 7.11. The molecule has 56 valence electrons. The van der Waals surface area contributed by atoms with E-state index in [1.54, 1.807) is 0 Å². The van der Waals surface area contributed by atoms with Crippen LogP contribution in [0.5, 0.6) is 0 Å². The minimum Gasteiger partial charge on any atom is -0.396 e. The van der Waals surface area contributed by atoms with Gasteiger partial charge >= 0.3 is 0 Å². The maximum Gasteiger partial charge on any atom is 0.0431 e. The first-order valence-electron chi connectivity index (χ1n) is 3.60. The van der Waals surface area contributed by atoms with Crippen molar-refractivity contribution in [3.05, 3.63) is 0 Å². The van der Waals surface area contributed by atoms with Gasteiger partial charge < -0.3 is 10.0 Å². The van der Waals surface area contributed by atoms with Gasteiger partial charge in [-0.25, -0.2) is 0 Å². The second-order valence-electron chi connectivity index (χ2n) is 2.33. The van der Waals surface area contributed by atoms with E-state index in [0.29, 0.717) is 6.61 Å². The van der Waals surface area contributed by atoms with Crippen LogP contribution in [0.2, 0.25) is 0 Å². The van der Waals surface area contributed by atoms with Gasteiger partial charge in [-0.3, -0.25) is 0 Å². The van der Waals surface area contributed by atoms with Crippen molar-refractivity contribution in [2.45, 2.75) is 19.8 Å². The molecule has 0 amide bonds. The van der Waals surface area contributed by atoms with Gasteiger partial charge in [0, 0.05) is 6.61 Å². The summed E-state index contributed by atoms with van der Waals surface area (Å²) in [6.45, 7) is 4.68. The first kappa shape index (κ1) is 8.92. The fraction of sp³-hybridized carbons (Fsp3) is 1.00. The largest absolute Gasteiger partial charge is 0.396 e. The molecule has 0 radical (unpaired) electrons. The Kier molecular flexibility index (Phi) is 5.99. The lowest BCUT2D eigenvalue weighted by atomic mass is 10.3. The molecule has 0 aliphatic rings. The Morgan fingerprint density at radius 1 is 1.33 bits per heavy atom. The van der Waals surface area contributed by atoms with E-state index in [0.717, 1.165) is 25.9 Å². The Balaban J connectivity index is 2.88. The summed E-state index contributed by atoms with van der Waals surface area (Å²) < 4.78 is 0. The molecule has 0 fully saturated rings. The molecule has 0 bridgehead atoms. The fourth-order valence-corrected chi connectivity index (χ4v) is 0.652. The Hall–Kier alpha value is -0.0800. The van der Waals surface area contributed by atoms with E-state index in [-0.39, 0.29) is 0 Å². The van der Waals surface area contributed by atoms with Gasteiger partial charge in [-0.1, -0.05) is 6.92 Å². The Bertz CT molecular complexity index is 56.9. The summed E-state index contributed by atoms with van der Waals surface area (Å²) in [7, 11) is 2.09. The maximum absolute atomic E-state index is 8.43. The van der Waals surface area contributed by atoms with Crippen LogP contribution < -0.4 is 0 Å². The van der Waals surface area contributed by atoms with Gasteiger partial charge in [0.15, 0.2) is 0 Å². The van der Waals surface area contributed by atoms with Gasteiger partial charge in [0.2, 0.25) is 0 Å². The van der Waals surface area contributed by atoms with Gasteiger partial charge in [-0.05, 0) is 33.0 Å². The topological polar surface area (TPSA) is 23.5 Å². The lowest BCUT2D eigenvalue weighted by Gasteiger charge is -2.11. The van der Waals surface area contributed by atoms with Gasteiger partial charge in [0.1, 0.15) is 0 Å². The molecule has 0 saturated heterocycles. The molecule has 0 spiro atoms. The molecule has 0 aromatic carbocycles. The molecule has 0 aliphatic carbocycles. The average molecular weight is 131 g/mol. The number of nitrogens with zero attached hydrogens (tertiary/aromatic N) is 1. The van der Waals surface area contributed by atoms with Crippen molar-refractivity contribution >= 4 is 0 Å². The van der Waals surface area contributed by atoms with E-state index >= 15 is 0 Å². The number of aliphatic hydroxyl groups excluding tert-OH is 1. The van der Waals surface area contributed by atoms with Gasteiger partial charge in [-0.2, -0.15) is 0 Å². The minimum absolute atomic E-state index is 0.331. The summed E-state index contributed by atoms with van der Waals surface area (Å²) in [6.07, 6.45) is 2.05. The Morgan fingerprint density at radius 3 is 2.44 bits per heavy atom. The third-order valence-electron chi connectivity index (χ3n) is 1.49. The monoisotopic (exact) mass is 131 g/mol. The molecule has 0 aliphatic heterocycles. The number of hydrogen-bond acceptors (Lipinski definition) is 2. The van der Waals surface area contributed by atoms with E-state index in [4.69, 9.17) is 5.11 Å². The summed E-state index contributed by atoms with van der Waals surface area (Å²) in [5.41, 5.74) is 0. The van der Waals surface area contributed by atoms with Crippen LogP contribution in [0.3, 0.4) is 0 Å². The van der Waals surface area contributed by atoms with Gasteiger partial charge in [0.05, 0.1) is 0 Å². The second-order valence-corrected chi connectivity index (χ2v) is 2.33. The Labute approximate surface area is 57.5 Å². The number of aliphatic hydroxyl groups is 1. The zero-order valence-corrected chi connectivity index (χ0v) is 6.43. The fourth-order valence-electron chi connectivity index (χ4n) is 0.652. The molecule has 0 saturated carbocycles. The lowest BCUT2D eigenvalue weighted by Crippen LogP contribution is -2.18. The van der Waals surface area contributed by atoms with Crippen molar-refractivity contribution < 1.29 is 5.11 Å². The predicted octanol–water partition coefficient (Wildman–Crippen LogP) is 0.711. The molecule has 0 atom stereocenters. The first-order valence-corrected chi connectivity index (χ1v) is 3.60. The molecule has 0 rings (SSSR count). The van der Waals surface area contributed by atoms with E-state index in [2.05, 4.69) is 18.9 Å². The summed E-state index contributed by atoms with van der Waals surface area (Å²) in [4.78, 5) is 2.25. The lowest BCUT2D eigenvalue weighted by molar-refractivity contribution is 0.267. The molecule has 2 nitrogen and oxygen atoms in total. The van der Waals surface area contributed by atoms with Crippen molar-refractivity contribution in [1.82, 2.24) is 4.90 Å². The highest BCUT2D eigenvalue weighted by molar-refractivity contribution is 4.46. The quantitative estimate of drug-likeness (QED) is 0.555. The van der Waals surface area contributed by atoms with Crippen LogP contribution in [0, 0.1) is 0 Å². The van der Waals surface area contributed by atoms with E-state index in [9.17, 15) is 0 Å². The maximum atomic E-state index is 8.43. The zero-order valence-electron chi connectivity index (χ0n) is 6.43. The normalized spacial score (nSPS) is 10.7. The van der Waals surface area contributed by atoms with Crippen molar-refractivity contribution in [1.29, 1.82) is 0 Å². The molecule has 0 unspecified atom stereocenters. The Morgan fingerprint density at radius 2 is 2.00 bits per heavy atom. The van der Waals surface area contributed by atoms with Crippen molar-refractivity contribution in [2.75, 3.05) is 26.7 Å². The molecule has 0 aromatic rings. The van der Waals surface area contributed by atoms with Crippen molar-refractivity contribution in [3.63, 3.8) is 0 Å². The van der Waals surface area contributed by atoms with Crippen LogP contribution >= 0.6 is 0 Å². The molecular formula is C7H17NO. The van der Waals surface area contributed by atoms with Crippen LogP contribution in [0.25, 0.3) is 0 Å². The minimum atomic E-state index is 0.331. The van der Waals surface area contributed by atoms with Crippen LogP contribution in [-0.2, 0) is 0 Å². The molecule has 9 heavy (non-hydrogen) atoms. The van der Waals surface area contributed by atoms with Crippen LogP contribution in [0.1, 0.15) is 19.8 Å². The van der Waals surface area contributed by atoms with Gasteiger partial charge in [-0.15, -0.1) is 0 Å². The average Bonchev–Trinajstić information content (AvgIpc) is 1.89. The van der Waals surface area contributed by atoms with Crippen LogP contribution in [0.4, 0.5) is 0 Å². The van der Waals surface area contributed by atoms with E-state index < -0.39 is 0 Å². The van der Waals surface area contributed by atoms with E-state index in [1.807, 2.05) is 0 Å². The highest BCUT2D eigenvalue weighted by Crippen LogP contribution is 1.89. The predicted molar refractivity (Wildman–Crippen MR) is 39.5 cm³/mol. The third kappa shape index (κ3) is 5.80. The van der Waals surface area contributed by atoms with Crippen molar-refractivity contribution in [3.8, 4) is 0 Å². The third-order valence-corrected chi connectivity index (χ3v) is 1.49. The molecule has 2 heteroatoms. The first-order chi connectivity index (χ1) is 4.31. The highest BCUT2D eigenvalue weighted by atomic mass is 16.2. The SMILES string of the molecule is CCN(C)CCCCO. The number of rotatable bonds is 5. The summed E-state index contributed by atoms with van der Waals surface area (Å²) in [6, 6.07) is 0. The smallest absolute Gasteiger partial charge is 0.0431 e. The van der Waals surface area contributed by atoms with Crippen LogP contribution in [0.15, 0.2) is 0 Å². The second kappa shape index (κ2) is 6.05. The molecular weight excluding hydrogens is 114 g/mol. The highest BCUT2D eigenvalue weighted by Gasteiger charge is 1.91.